The lowest BCUT2D eigenvalue weighted by atomic mass is 10.4. The van der Waals surface area contributed by atoms with E-state index in [4.69, 9.17) is 16.7 Å². The second kappa shape index (κ2) is 3.80. The maximum atomic E-state index is 10.8. The van der Waals surface area contributed by atoms with Gasteiger partial charge in [-0.05, 0) is 6.26 Å². The van der Waals surface area contributed by atoms with E-state index in [0.29, 0.717) is 0 Å². The first-order valence-corrected chi connectivity index (χ1v) is 4.73. The minimum Gasteiger partial charge on any atom is -0.477 e. The lowest BCUT2D eigenvalue weighted by Crippen LogP contribution is -2.17. The van der Waals surface area contributed by atoms with E-state index in [1.54, 1.807) is 6.26 Å². The highest BCUT2D eigenvalue weighted by Crippen LogP contribution is 2.23. The minimum absolute atomic E-state index is 0.0420. The molecule has 0 amide bonds. The number of H-pyrrole nitrogens is 1. The zero-order valence-corrected chi connectivity index (χ0v) is 8.07. The Labute approximate surface area is 82.1 Å². The van der Waals surface area contributed by atoms with E-state index in [1.807, 2.05) is 4.98 Å². The smallest absolute Gasteiger partial charge is 0.354 e. The van der Waals surface area contributed by atoms with E-state index in [1.165, 1.54) is 0 Å². The van der Waals surface area contributed by atoms with Crippen LogP contribution in [0.2, 0.25) is 5.02 Å². The molecule has 0 aliphatic carbocycles. The number of nitrogens with zero attached hydrogens (tertiary/aromatic N) is 1. The first-order chi connectivity index (χ1) is 6.06. The average Bonchev–Trinajstić information content (AvgIpc) is 2.08. The Hall–Kier alpha value is -1.01. The predicted molar refractivity (Wildman–Crippen MR) is 48.6 cm³/mol. The fraction of sp³-hybridized carbons (Fsp3) is 0.167. The third-order valence-electron chi connectivity index (χ3n) is 1.25. The van der Waals surface area contributed by atoms with E-state index in [9.17, 15) is 9.59 Å². The molecule has 7 heteroatoms. The zero-order valence-electron chi connectivity index (χ0n) is 6.50. The van der Waals surface area contributed by atoms with Crippen LogP contribution in [0.15, 0.2) is 9.82 Å². The fourth-order valence-corrected chi connectivity index (χ4v) is 1.58. The van der Waals surface area contributed by atoms with E-state index in [2.05, 4.69) is 4.98 Å². The number of hydrogen-bond donors (Lipinski definition) is 2. The second-order valence-electron chi connectivity index (χ2n) is 2.05. The number of aromatic amines is 1. The monoisotopic (exact) mass is 220 g/mol. The Morgan fingerprint density at radius 2 is 2.31 bits per heavy atom. The van der Waals surface area contributed by atoms with E-state index in [-0.39, 0.29) is 15.7 Å². The molecule has 5 nitrogen and oxygen atoms in total. The highest BCUT2D eigenvalue weighted by molar-refractivity contribution is 7.98. The molecule has 0 atom stereocenters. The van der Waals surface area contributed by atoms with E-state index >= 15 is 0 Å². The molecule has 1 aromatic heterocycles. The number of aromatic nitrogens is 2. The third-order valence-corrected chi connectivity index (χ3v) is 2.41. The van der Waals surface area contributed by atoms with Crippen LogP contribution in [-0.4, -0.2) is 27.3 Å². The number of carboxylic acids is 1. The second-order valence-corrected chi connectivity index (χ2v) is 3.22. The summed E-state index contributed by atoms with van der Waals surface area (Å²) in [6.07, 6.45) is 1.65. The van der Waals surface area contributed by atoms with Crippen molar-refractivity contribution in [1.29, 1.82) is 0 Å². The Bertz CT molecular complexity index is 403. The molecular formula is C6H5ClN2O3S. The molecule has 0 unspecified atom stereocenters. The molecule has 0 aromatic carbocycles. The maximum absolute atomic E-state index is 10.8. The van der Waals surface area contributed by atoms with Crippen LogP contribution in [0.25, 0.3) is 0 Å². The molecule has 0 bridgehead atoms. The van der Waals surface area contributed by atoms with Crippen molar-refractivity contribution in [2.24, 2.45) is 0 Å². The van der Waals surface area contributed by atoms with Crippen LogP contribution in [0.5, 0.6) is 0 Å². The number of carboxylic acid groups (broad SMARTS) is 1. The first kappa shape index (κ1) is 10.1. The van der Waals surface area contributed by atoms with Crippen molar-refractivity contribution >= 4 is 29.3 Å². The van der Waals surface area contributed by atoms with Crippen LogP contribution in [0.3, 0.4) is 0 Å². The highest BCUT2D eigenvalue weighted by atomic mass is 35.5. The van der Waals surface area contributed by atoms with Gasteiger partial charge in [-0.25, -0.2) is 9.59 Å². The molecule has 0 aliphatic rings. The van der Waals surface area contributed by atoms with Crippen molar-refractivity contribution < 1.29 is 9.90 Å². The van der Waals surface area contributed by atoms with Gasteiger partial charge in [0.1, 0.15) is 10.0 Å². The largest absolute Gasteiger partial charge is 0.477 e. The Balaban J connectivity index is 3.44. The van der Waals surface area contributed by atoms with Gasteiger partial charge in [-0.3, -0.25) is 4.98 Å². The van der Waals surface area contributed by atoms with Crippen LogP contribution in [0.1, 0.15) is 10.5 Å². The number of aromatic carboxylic acids is 1. The molecule has 0 spiro atoms. The van der Waals surface area contributed by atoms with Crippen LogP contribution in [0.4, 0.5) is 0 Å². The van der Waals surface area contributed by atoms with Gasteiger partial charge < -0.3 is 5.11 Å². The van der Waals surface area contributed by atoms with Crippen LogP contribution >= 0.6 is 23.4 Å². The molecule has 70 valence electrons. The van der Waals surface area contributed by atoms with Gasteiger partial charge in [0, 0.05) is 0 Å². The summed E-state index contributed by atoms with van der Waals surface area (Å²) < 4.78 is 0. The van der Waals surface area contributed by atoms with E-state index in [0.717, 1.165) is 11.8 Å². The fourth-order valence-electron chi connectivity index (χ4n) is 0.721. The average molecular weight is 221 g/mol. The summed E-state index contributed by atoms with van der Waals surface area (Å²) in [5.74, 6) is -1.28. The Morgan fingerprint density at radius 1 is 1.69 bits per heavy atom. The van der Waals surface area contributed by atoms with Crippen molar-refractivity contribution in [3.63, 3.8) is 0 Å². The molecule has 1 rings (SSSR count). The predicted octanol–water partition coefficient (Wildman–Crippen LogP) is 0.843. The summed E-state index contributed by atoms with van der Waals surface area (Å²) >= 11 is 6.76. The molecule has 2 N–H and O–H groups in total. The number of thioether (sulfide) groups is 1. The molecule has 0 fully saturated rings. The Kier molecular flexibility index (Phi) is 2.94. The van der Waals surface area contributed by atoms with Gasteiger partial charge in [0.25, 0.3) is 0 Å². The number of nitrogens with one attached hydrogen (secondary N) is 1. The number of hydrogen-bond acceptors (Lipinski definition) is 4. The van der Waals surface area contributed by atoms with Gasteiger partial charge in [-0.15, -0.1) is 11.8 Å². The SMILES string of the molecule is CSc1nc(=O)[nH]c(C(=O)O)c1Cl. The molecular weight excluding hydrogens is 216 g/mol. The number of carbonyl (C=O) groups is 1. The zero-order chi connectivity index (χ0) is 10.0. The quantitative estimate of drug-likeness (QED) is 0.570. The van der Waals surface area contributed by atoms with Crippen LogP contribution in [-0.2, 0) is 0 Å². The van der Waals surface area contributed by atoms with Gasteiger partial charge in [-0.2, -0.15) is 4.98 Å². The van der Waals surface area contributed by atoms with Gasteiger partial charge in [-0.1, -0.05) is 11.6 Å². The van der Waals surface area contributed by atoms with Crippen molar-refractivity contribution in [3.8, 4) is 0 Å². The number of halogens is 1. The third kappa shape index (κ3) is 2.02. The van der Waals surface area contributed by atoms with Crippen LogP contribution < -0.4 is 5.69 Å². The van der Waals surface area contributed by atoms with Gasteiger partial charge in [0.15, 0.2) is 5.69 Å². The van der Waals surface area contributed by atoms with Crippen molar-refractivity contribution in [2.45, 2.75) is 5.03 Å². The molecule has 0 radical (unpaired) electrons. The number of rotatable bonds is 2. The minimum atomic E-state index is -1.28. The molecule has 0 saturated carbocycles. The molecule has 1 heterocycles. The first-order valence-electron chi connectivity index (χ1n) is 3.13. The standard InChI is InChI=1S/C6H5ClN2O3S/c1-13-4-2(7)3(5(10)11)8-6(12)9-4/h1H3,(H,10,11)(H,8,9,12). The lowest BCUT2D eigenvalue weighted by Gasteiger charge is -2.01. The van der Waals surface area contributed by atoms with Crippen molar-refractivity contribution in [2.75, 3.05) is 6.26 Å². The molecule has 0 aliphatic heterocycles. The normalized spacial score (nSPS) is 10.0. The molecule has 1 aromatic rings. The lowest BCUT2D eigenvalue weighted by molar-refractivity contribution is 0.0689. The van der Waals surface area contributed by atoms with Gasteiger partial charge in [0.2, 0.25) is 0 Å². The summed E-state index contributed by atoms with van der Waals surface area (Å²) in [5.41, 5.74) is -1.04. The summed E-state index contributed by atoms with van der Waals surface area (Å²) in [6, 6.07) is 0. The molecule has 0 saturated heterocycles. The maximum Gasteiger partial charge on any atom is 0.354 e. The summed E-state index contributed by atoms with van der Waals surface area (Å²) in [4.78, 5) is 26.9. The topological polar surface area (TPSA) is 83.0 Å². The summed E-state index contributed by atoms with van der Waals surface area (Å²) in [7, 11) is 0. The van der Waals surface area contributed by atoms with Crippen molar-refractivity contribution in [3.05, 3.63) is 21.2 Å². The van der Waals surface area contributed by atoms with Gasteiger partial charge >= 0.3 is 11.7 Å². The summed E-state index contributed by atoms with van der Waals surface area (Å²) in [6.45, 7) is 0. The van der Waals surface area contributed by atoms with E-state index < -0.39 is 11.7 Å². The highest BCUT2D eigenvalue weighted by Gasteiger charge is 2.14. The van der Waals surface area contributed by atoms with Gasteiger partial charge in [0.05, 0.1) is 0 Å². The van der Waals surface area contributed by atoms with Crippen molar-refractivity contribution in [1.82, 2.24) is 9.97 Å². The summed E-state index contributed by atoms with van der Waals surface area (Å²) in [5, 5.41) is 8.79. The molecule has 13 heavy (non-hydrogen) atoms. The van der Waals surface area contributed by atoms with Crippen LogP contribution in [0, 0.1) is 0 Å². The Morgan fingerprint density at radius 3 is 2.77 bits per heavy atom.